The molecule has 17 heavy (non-hydrogen) atoms. The summed E-state index contributed by atoms with van der Waals surface area (Å²) in [5.41, 5.74) is 8.13. The molecular weight excluding hydrogens is 257 g/mol. The zero-order valence-corrected chi connectivity index (χ0v) is 10.7. The van der Waals surface area contributed by atoms with Gasteiger partial charge in [-0.15, -0.1) is 0 Å². The van der Waals surface area contributed by atoms with Crippen molar-refractivity contribution in [3.05, 3.63) is 46.4 Å². The summed E-state index contributed by atoms with van der Waals surface area (Å²) in [5.74, 6) is 0.622. The van der Waals surface area contributed by atoms with Gasteiger partial charge in [0.05, 0.1) is 17.2 Å². The zero-order valence-electron chi connectivity index (χ0n) is 9.21. The smallest absolute Gasteiger partial charge is 0.138 e. The van der Waals surface area contributed by atoms with Crippen LogP contribution in [0.1, 0.15) is 0 Å². The minimum Gasteiger partial charge on any atom is -0.495 e. The molecule has 0 spiro atoms. The Bertz CT molecular complexity index is 555. The molecule has 0 saturated heterocycles. The van der Waals surface area contributed by atoms with Crippen LogP contribution >= 0.6 is 23.2 Å². The van der Waals surface area contributed by atoms with Crippen LogP contribution in [0.4, 0.5) is 5.69 Å². The van der Waals surface area contributed by atoms with Gasteiger partial charge < -0.3 is 10.5 Å². The fraction of sp³-hybridized carbons (Fsp3) is 0.0769. The number of halogens is 2. The molecule has 0 aliphatic rings. The summed E-state index contributed by atoms with van der Waals surface area (Å²) in [5, 5.41) is 1.18. The van der Waals surface area contributed by atoms with Crippen molar-refractivity contribution in [2.24, 2.45) is 0 Å². The van der Waals surface area contributed by atoms with Crippen molar-refractivity contribution in [2.75, 3.05) is 12.8 Å². The summed E-state index contributed by atoms with van der Waals surface area (Å²) in [4.78, 5) is 0. The van der Waals surface area contributed by atoms with E-state index in [9.17, 15) is 0 Å². The van der Waals surface area contributed by atoms with E-state index < -0.39 is 0 Å². The molecule has 0 aromatic heterocycles. The van der Waals surface area contributed by atoms with Crippen molar-refractivity contribution in [3.8, 4) is 16.9 Å². The molecule has 2 N–H and O–H groups in total. The Hall–Kier alpha value is -1.38. The van der Waals surface area contributed by atoms with Crippen molar-refractivity contribution in [2.45, 2.75) is 0 Å². The van der Waals surface area contributed by atoms with E-state index in [0.717, 1.165) is 11.1 Å². The van der Waals surface area contributed by atoms with Crippen LogP contribution in [0, 0.1) is 0 Å². The highest BCUT2D eigenvalue weighted by Gasteiger charge is 2.07. The van der Waals surface area contributed by atoms with Gasteiger partial charge in [0.25, 0.3) is 0 Å². The normalized spacial score (nSPS) is 10.3. The predicted octanol–water partition coefficient (Wildman–Crippen LogP) is 4.25. The fourth-order valence-corrected chi connectivity index (χ4v) is 2.09. The largest absolute Gasteiger partial charge is 0.495 e. The third-order valence-corrected chi connectivity index (χ3v) is 3.08. The van der Waals surface area contributed by atoms with Gasteiger partial charge in [-0.1, -0.05) is 35.3 Å². The first kappa shape index (κ1) is 12.1. The van der Waals surface area contributed by atoms with Crippen molar-refractivity contribution in [1.29, 1.82) is 0 Å². The third-order valence-electron chi connectivity index (χ3n) is 2.46. The lowest BCUT2D eigenvalue weighted by atomic mass is 10.1. The number of nitrogen functional groups attached to an aromatic ring is 1. The first-order valence-electron chi connectivity index (χ1n) is 5.01. The van der Waals surface area contributed by atoms with E-state index in [1.807, 2.05) is 24.3 Å². The lowest BCUT2D eigenvalue weighted by Gasteiger charge is -2.08. The predicted molar refractivity (Wildman–Crippen MR) is 72.9 cm³/mol. The van der Waals surface area contributed by atoms with Gasteiger partial charge in [-0.25, -0.2) is 0 Å². The molecule has 2 aromatic rings. The van der Waals surface area contributed by atoms with E-state index in [4.69, 9.17) is 33.7 Å². The first-order chi connectivity index (χ1) is 8.11. The minimum atomic E-state index is 0.572. The van der Waals surface area contributed by atoms with Gasteiger partial charge in [-0.3, -0.25) is 0 Å². The molecule has 0 aliphatic heterocycles. The molecule has 2 aromatic carbocycles. The van der Waals surface area contributed by atoms with E-state index in [0.29, 0.717) is 21.5 Å². The average molecular weight is 268 g/mol. The summed E-state index contributed by atoms with van der Waals surface area (Å²) >= 11 is 12.1. The second kappa shape index (κ2) is 4.86. The molecule has 0 saturated carbocycles. The fourth-order valence-electron chi connectivity index (χ4n) is 1.59. The van der Waals surface area contributed by atoms with Crippen LogP contribution in [0.25, 0.3) is 11.1 Å². The zero-order chi connectivity index (χ0) is 12.4. The van der Waals surface area contributed by atoms with Crippen LogP contribution in [0.2, 0.25) is 10.0 Å². The topological polar surface area (TPSA) is 35.2 Å². The maximum atomic E-state index is 6.15. The number of benzene rings is 2. The molecular formula is C13H11Cl2NO. The van der Waals surface area contributed by atoms with E-state index in [1.54, 1.807) is 19.2 Å². The molecule has 0 fully saturated rings. The number of anilines is 1. The van der Waals surface area contributed by atoms with Gasteiger partial charge in [-0.2, -0.15) is 0 Å². The van der Waals surface area contributed by atoms with Gasteiger partial charge in [0.1, 0.15) is 5.75 Å². The number of rotatable bonds is 2. The van der Waals surface area contributed by atoms with Crippen molar-refractivity contribution >= 4 is 28.9 Å². The monoisotopic (exact) mass is 267 g/mol. The van der Waals surface area contributed by atoms with Crippen LogP contribution < -0.4 is 10.5 Å². The average Bonchev–Trinajstić information content (AvgIpc) is 2.30. The van der Waals surface area contributed by atoms with E-state index in [-0.39, 0.29) is 0 Å². The highest BCUT2D eigenvalue weighted by atomic mass is 35.5. The van der Waals surface area contributed by atoms with E-state index in [2.05, 4.69) is 0 Å². The molecule has 0 atom stereocenters. The minimum absolute atomic E-state index is 0.572. The Labute approximate surface area is 110 Å². The maximum Gasteiger partial charge on any atom is 0.138 e. The molecule has 0 unspecified atom stereocenters. The lowest BCUT2D eigenvalue weighted by Crippen LogP contribution is -1.88. The Kier molecular flexibility index (Phi) is 3.46. The molecule has 4 heteroatoms. The number of hydrogen-bond donors (Lipinski definition) is 1. The first-order valence-corrected chi connectivity index (χ1v) is 5.76. The highest BCUT2D eigenvalue weighted by Crippen LogP contribution is 2.34. The Morgan fingerprint density at radius 1 is 1.00 bits per heavy atom. The molecule has 0 heterocycles. The Balaban J connectivity index is 2.53. The van der Waals surface area contributed by atoms with E-state index >= 15 is 0 Å². The molecule has 0 aliphatic carbocycles. The summed E-state index contributed by atoms with van der Waals surface area (Å²) in [6.45, 7) is 0. The summed E-state index contributed by atoms with van der Waals surface area (Å²) < 4.78 is 5.17. The molecule has 88 valence electrons. The summed E-state index contributed by atoms with van der Waals surface area (Å²) in [6.07, 6.45) is 0. The molecule has 2 nitrogen and oxygen atoms in total. The highest BCUT2D eigenvalue weighted by molar-refractivity contribution is 6.34. The van der Waals surface area contributed by atoms with Crippen molar-refractivity contribution in [1.82, 2.24) is 0 Å². The summed E-state index contributed by atoms with van der Waals surface area (Å²) in [7, 11) is 1.58. The van der Waals surface area contributed by atoms with E-state index in [1.165, 1.54) is 0 Å². The third kappa shape index (κ3) is 2.48. The SMILES string of the molecule is COc1cc(-c2ccc(N)cc2Cl)ccc1Cl. The number of hydrogen-bond acceptors (Lipinski definition) is 2. The van der Waals surface area contributed by atoms with Crippen LogP contribution in [-0.4, -0.2) is 7.11 Å². The van der Waals surface area contributed by atoms with Gasteiger partial charge in [0, 0.05) is 11.3 Å². The number of methoxy groups -OCH3 is 1. The van der Waals surface area contributed by atoms with Crippen LogP contribution in [0.3, 0.4) is 0 Å². The Morgan fingerprint density at radius 3 is 2.41 bits per heavy atom. The quantitative estimate of drug-likeness (QED) is 0.826. The van der Waals surface area contributed by atoms with Gasteiger partial charge >= 0.3 is 0 Å². The molecule has 2 rings (SSSR count). The van der Waals surface area contributed by atoms with Crippen molar-refractivity contribution in [3.63, 3.8) is 0 Å². The standard InChI is InChI=1S/C13H11Cl2NO/c1-17-13-6-8(2-5-11(13)14)10-4-3-9(16)7-12(10)15/h2-7H,16H2,1H3. The summed E-state index contributed by atoms with van der Waals surface area (Å²) in [6, 6.07) is 10.9. The number of ether oxygens (including phenoxy) is 1. The van der Waals surface area contributed by atoms with Gasteiger partial charge in [0.2, 0.25) is 0 Å². The van der Waals surface area contributed by atoms with Crippen LogP contribution in [0.15, 0.2) is 36.4 Å². The maximum absolute atomic E-state index is 6.15. The second-order valence-electron chi connectivity index (χ2n) is 3.59. The van der Waals surface area contributed by atoms with Crippen molar-refractivity contribution < 1.29 is 4.74 Å². The van der Waals surface area contributed by atoms with Crippen LogP contribution in [0.5, 0.6) is 5.75 Å². The number of nitrogens with two attached hydrogens (primary N) is 1. The van der Waals surface area contributed by atoms with Gasteiger partial charge in [0.15, 0.2) is 0 Å². The lowest BCUT2D eigenvalue weighted by molar-refractivity contribution is 0.415. The molecule has 0 bridgehead atoms. The molecule has 0 radical (unpaired) electrons. The Morgan fingerprint density at radius 2 is 1.76 bits per heavy atom. The van der Waals surface area contributed by atoms with Gasteiger partial charge in [-0.05, 0) is 29.8 Å². The van der Waals surface area contributed by atoms with Crippen LogP contribution in [-0.2, 0) is 0 Å². The second-order valence-corrected chi connectivity index (χ2v) is 4.40. The molecule has 0 amide bonds.